The van der Waals surface area contributed by atoms with Crippen LogP contribution in [0.15, 0.2) is 12.5 Å². The maximum absolute atomic E-state index is 10.2. The van der Waals surface area contributed by atoms with Crippen LogP contribution >= 0.6 is 11.6 Å². The lowest BCUT2D eigenvalue weighted by Crippen LogP contribution is -2.16. The van der Waals surface area contributed by atoms with Crippen LogP contribution in [0, 0.1) is 10.1 Å². The Labute approximate surface area is 78.9 Å². The van der Waals surface area contributed by atoms with Gasteiger partial charge in [-0.15, -0.1) is 11.6 Å². The molecule has 1 atom stereocenters. The van der Waals surface area contributed by atoms with E-state index >= 15 is 0 Å². The molecule has 0 amide bonds. The highest BCUT2D eigenvalue weighted by molar-refractivity contribution is 6.18. The Hall–Kier alpha value is -1.14. The third kappa shape index (κ3) is 2.67. The number of imidazole rings is 1. The van der Waals surface area contributed by atoms with Gasteiger partial charge in [0.05, 0.1) is 18.5 Å². The van der Waals surface area contributed by atoms with Gasteiger partial charge in [-0.25, -0.2) is 0 Å². The van der Waals surface area contributed by atoms with Gasteiger partial charge < -0.3 is 19.8 Å². The summed E-state index contributed by atoms with van der Waals surface area (Å²) in [6.07, 6.45) is 1.82. The van der Waals surface area contributed by atoms with Gasteiger partial charge in [0.2, 0.25) is 6.33 Å². The third-order valence-corrected chi connectivity index (χ3v) is 1.76. The molecule has 6 nitrogen and oxygen atoms in total. The Morgan fingerprint density at radius 1 is 1.85 bits per heavy atom. The van der Waals surface area contributed by atoms with Crippen molar-refractivity contribution in [2.75, 3.05) is 5.88 Å². The maximum atomic E-state index is 10.2. The number of hydrogen-bond acceptors (Lipinski definition) is 4. The summed E-state index contributed by atoms with van der Waals surface area (Å²) >= 11 is 5.35. The molecule has 1 heterocycles. The van der Waals surface area contributed by atoms with Gasteiger partial charge in [0.15, 0.2) is 0 Å². The largest absolute Gasteiger partial charge is 0.390 e. The molecule has 1 aromatic rings. The number of nitro groups is 1. The van der Waals surface area contributed by atoms with E-state index in [0.29, 0.717) is 0 Å². The minimum atomic E-state index is -0.713. The number of hydrogen-bond donors (Lipinski definition) is 1. The molecular formula is C6H8ClN3O3. The molecule has 0 unspecified atom stereocenters. The van der Waals surface area contributed by atoms with Gasteiger partial charge in [0, 0.05) is 0 Å². The van der Waals surface area contributed by atoms with Crippen LogP contribution < -0.4 is 0 Å². The Bertz CT molecular complexity index is 301. The third-order valence-electron chi connectivity index (χ3n) is 1.41. The first-order valence-electron chi connectivity index (χ1n) is 3.53. The average molecular weight is 206 g/mol. The quantitative estimate of drug-likeness (QED) is 0.438. The molecule has 1 rings (SSSR count). The number of rotatable bonds is 4. The van der Waals surface area contributed by atoms with Crippen molar-refractivity contribution in [3.05, 3.63) is 22.6 Å². The number of aliphatic hydroxyl groups is 1. The summed E-state index contributed by atoms with van der Waals surface area (Å²) in [4.78, 5) is 13.1. The van der Waals surface area contributed by atoms with Gasteiger partial charge >= 0.3 is 5.82 Å². The lowest BCUT2D eigenvalue weighted by atomic mass is 10.4. The molecule has 0 aliphatic carbocycles. The number of halogens is 1. The molecule has 1 aromatic heterocycles. The number of aromatic nitrogens is 2. The maximum Gasteiger partial charge on any atom is 0.381 e. The van der Waals surface area contributed by atoms with Crippen LogP contribution in [-0.2, 0) is 6.54 Å². The molecular weight excluding hydrogens is 198 g/mol. The summed E-state index contributed by atoms with van der Waals surface area (Å²) in [5.41, 5.74) is 0. The summed E-state index contributed by atoms with van der Waals surface area (Å²) < 4.78 is 1.42. The lowest BCUT2D eigenvalue weighted by molar-refractivity contribution is -0.389. The zero-order chi connectivity index (χ0) is 9.84. The van der Waals surface area contributed by atoms with Crippen molar-refractivity contribution in [2.45, 2.75) is 12.6 Å². The molecule has 0 saturated heterocycles. The van der Waals surface area contributed by atoms with E-state index in [0.717, 1.165) is 0 Å². The average Bonchev–Trinajstić information content (AvgIpc) is 2.52. The molecule has 1 N–H and O–H groups in total. The molecule has 0 aliphatic heterocycles. The van der Waals surface area contributed by atoms with Gasteiger partial charge in [-0.3, -0.25) is 0 Å². The van der Waals surface area contributed by atoms with Crippen LogP contribution in [-0.4, -0.2) is 31.6 Å². The molecule has 13 heavy (non-hydrogen) atoms. The zero-order valence-corrected chi connectivity index (χ0v) is 7.39. The summed E-state index contributed by atoms with van der Waals surface area (Å²) in [5, 5.41) is 19.3. The fraction of sp³-hybridized carbons (Fsp3) is 0.500. The Morgan fingerprint density at radius 3 is 3.00 bits per heavy atom. The molecule has 0 radical (unpaired) electrons. The predicted molar refractivity (Wildman–Crippen MR) is 45.6 cm³/mol. The number of aliphatic hydroxyl groups excluding tert-OH is 1. The highest BCUT2D eigenvalue weighted by Gasteiger charge is 2.11. The fourth-order valence-electron chi connectivity index (χ4n) is 0.835. The summed E-state index contributed by atoms with van der Waals surface area (Å²) in [6, 6.07) is 0. The predicted octanol–water partition coefficient (Wildman–Crippen LogP) is 0.391. The van der Waals surface area contributed by atoms with E-state index in [2.05, 4.69) is 4.98 Å². The lowest BCUT2D eigenvalue weighted by Gasteiger charge is -2.04. The fourth-order valence-corrected chi connectivity index (χ4v) is 0.932. The Kier molecular flexibility index (Phi) is 3.21. The van der Waals surface area contributed by atoms with Crippen molar-refractivity contribution in [1.29, 1.82) is 0 Å². The van der Waals surface area contributed by atoms with Crippen molar-refractivity contribution in [3.63, 3.8) is 0 Å². The van der Waals surface area contributed by atoms with Gasteiger partial charge in [0.1, 0.15) is 6.20 Å². The Balaban J connectivity index is 2.64. The summed E-state index contributed by atoms with van der Waals surface area (Å²) in [5.74, 6) is -0.145. The Morgan fingerprint density at radius 2 is 2.54 bits per heavy atom. The van der Waals surface area contributed by atoms with Crippen LogP contribution in [0.5, 0.6) is 0 Å². The van der Waals surface area contributed by atoms with Crippen LogP contribution in [0.4, 0.5) is 5.82 Å². The summed E-state index contributed by atoms with van der Waals surface area (Å²) in [7, 11) is 0. The van der Waals surface area contributed by atoms with E-state index in [9.17, 15) is 10.1 Å². The van der Waals surface area contributed by atoms with Crippen molar-refractivity contribution < 1.29 is 10.0 Å². The van der Waals surface area contributed by atoms with E-state index in [1.807, 2.05) is 0 Å². The first kappa shape index (κ1) is 9.94. The van der Waals surface area contributed by atoms with E-state index in [1.54, 1.807) is 0 Å². The standard InChI is InChI=1S/C6H8ClN3O3/c7-1-5(11)2-9-3-6(8-4-9)10(12)13/h3-5,11H,1-2H2/t5-/m1/s1. The first-order valence-corrected chi connectivity index (χ1v) is 4.07. The van der Waals surface area contributed by atoms with Crippen molar-refractivity contribution in [3.8, 4) is 0 Å². The molecule has 0 aliphatic rings. The monoisotopic (exact) mass is 205 g/mol. The number of alkyl halides is 1. The molecule has 0 saturated carbocycles. The molecule has 0 aromatic carbocycles. The zero-order valence-electron chi connectivity index (χ0n) is 6.63. The van der Waals surface area contributed by atoms with E-state index < -0.39 is 11.0 Å². The SMILES string of the molecule is O=[N+]([O-])c1cn(C[C@H](O)CCl)cn1. The van der Waals surface area contributed by atoms with Crippen LogP contribution in [0.1, 0.15) is 0 Å². The smallest absolute Gasteiger partial charge is 0.381 e. The van der Waals surface area contributed by atoms with E-state index in [-0.39, 0.29) is 18.2 Å². The van der Waals surface area contributed by atoms with Crippen LogP contribution in [0.25, 0.3) is 0 Å². The topological polar surface area (TPSA) is 81.2 Å². The van der Waals surface area contributed by atoms with Crippen molar-refractivity contribution in [2.24, 2.45) is 0 Å². The minimum absolute atomic E-state index is 0.0893. The van der Waals surface area contributed by atoms with E-state index in [1.165, 1.54) is 17.1 Å². The summed E-state index contributed by atoms with van der Waals surface area (Å²) in [6.45, 7) is 0.213. The van der Waals surface area contributed by atoms with Crippen molar-refractivity contribution >= 4 is 17.4 Å². The first-order chi connectivity index (χ1) is 6.13. The van der Waals surface area contributed by atoms with Gasteiger partial charge in [0.25, 0.3) is 0 Å². The van der Waals surface area contributed by atoms with Crippen LogP contribution in [0.2, 0.25) is 0 Å². The molecule has 72 valence electrons. The normalized spacial score (nSPS) is 12.8. The molecule has 0 fully saturated rings. The second kappa shape index (κ2) is 4.20. The van der Waals surface area contributed by atoms with Gasteiger partial charge in [-0.1, -0.05) is 0 Å². The highest BCUT2D eigenvalue weighted by Crippen LogP contribution is 2.06. The van der Waals surface area contributed by atoms with Crippen LogP contribution in [0.3, 0.4) is 0 Å². The molecule has 7 heteroatoms. The van der Waals surface area contributed by atoms with Gasteiger partial charge in [-0.2, -0.15) is 0 Å². The molecule has 0 bridgehead atoms. The van der Waals surface area contributed by atoms with E-state index in [4.69, 9.17) is 16.7 Å². The second-order valence-corrected chi connectivity index (χ2v) is 2.80. The van der Waals surface area contributed by atoms with Crippen molar-refractivity contribution in [1.82, 2.24) is 9.55 Å². The second-order valence-electron chi connectivity index (χ2n) is 2.49. The molecule has 0 spiro atoms. The number of nitrogens with zero attached hydrogens (tertiary/aromatic N) is 3. The minimum Gasteiger partial charge on any atom is -0.390 e. The highest BCUT2D eigenvalue weighted by atomic mass is 35.5. The van der Waals surface area contributed by atoms with Gasteiger partial charge in [-0.05, 0) is 9.91 Å².